The van der Waals surface area contributed by atoms with Crippen molar-refractivity contribution in [1.29, 1.82) is 0 Å². The fourth-order valence-electron chi connectivity index (χ4n) is 2.22. The number of aryl methyl sites for hydroxylation is 1. The van der Waals surface area contributed by atoms with Crippen molar-refractivity contribution in [3.05, 3.63) is 33.8 Å². The monoisotopic (exact) mass is 304 g/mol. The maximum atomic E-state index is 12.5. The first kappa shape index (κ1) is 13.6. The molecule has 0 fully saturated rings. The van der Waals surface area contributed by atoms with Crippen molar-refractivity contribution in [3.63, 3.8) is 0 Å². The van der Waals surface area contributed by atoms with E-state index in [1.165, 1.54) is 18.9 Å². The van der Waals surface area contributed by atoms with E-state index < -0.39 is 5.56 Å². The number of ether oxygens (including phenoxy) is 1. The van der Waals surface area contributed by atoms with Crippen LogP contribution in [0.3, 0.4) is 0 Å². The fraction of sp³-hybridized carbons (Fsp3) is 0.231. The summed E-state index contributed by atoms with van der Waals surface area (Å²) in [6.45, 7) is 0. The molecule has 108 valence electrons. The zero-order valence-corrected chi connectivity index (χ0v) is 12.5. The van der Waals surface area contributed by atoms with E-state index in [2.05, 4.69) is 9.97 Å². The summed E-state index contributed by atoms with van der Waals surface area (Å²) in [7, 11) is 3.28. The van der Waals surface area contributed by atoms with Gasteiger partial charge < -0.3 is 14.5 Å². The number of fused-ring (bicyclic) bond motifs is 2. The Hall–Kier alpha value is -2.35. The lowest BCUT2D eigenvalue weighted by Gasteiger charge is -2.14. The van der Waals surface area contributed by atoms with Gasteiger partial charge in [0.1, 0.15) is 11.3 Å². The van der Waals surface area contributed by atoms with Gasteiger partial charge in [-0.3, -0.25) is 4.79 Å². The smallest absolute Gasteiger partial charge is 0.349 e. The number of methoxy groups -OCH3 is 1. The molecule has 0 amide bonds. The molecule has 1 aromatic carbocycles. The van der Waals surface area contributed by atoms with Gasteiger partial charge in [0.05, 0.1) is 13.2 Å². The SMILES string of the molecule is COc1ccc2c(c1)[n+]([O-])c1c(=O)nc(SC)nc-1n2C. The van der Waals surface area contributed by atoms with Gasteiger partial charge in [-0.15, -0.1) is 0 Å². The molecule has 0 unspecified atom stereocenters. The van der Waals surface area contributed by atoms with E-state index in [4.69, 9.17) is 4.74 Å². The van der Waals surface area contributed by atoms with Crippen LogP contribution < -0.4 is 15.0 Å². The Labute approximate surface area is 124 Å². The minimum Gasteiger partial charge on any atom is -0.618 e. The van der Waals surface area contributed by atoms with Crippen molar-refractivity contribution < 1.29 is 9.47 Å². The second-order valence-electron chi connectivity index (χ2n) is 4.40. The first-order valence-electron chi connectivity index (χ1n) is 6.09. The van der Waals surface area contributed by atoms with Crippen LogP contribution in [0.1, 0.15) is 0 Å². The van der Waals surface area contributed by atoms with Crippen LogP contribution in [0.15, 0.2) is 28.2 Å². The summed E-state index contributed by atoms with van der Waals surface area (Å²) in [6.07, 6.45) is 1.78. The molecule has 3 rings (SSSR count). The molecule has 0 aliphatic carbocycles. The Morgan fingerprint density at radius 1 is 1.38 bits per heavy atom. The minimum absolute atomic E-state index is 0.0731. The maximum absolute atomic E-state index is 12.5. The van der Waals surface area contributed by atoms with Gasteiger partial charge >= 0.3 is 11.3 Å². The normalized spacial score (nSPS) is 11.2. The molecule has 1 aromatic rings. The highest BCUT2D eigenvalue weighted by Gasteiger charge is 2.27. The molecule has 0 bridgehead atoms. The summed E-state index contributed by atoms with van der Waals surface area (Å²) < 4.78 is 7.40. The van der Waals surface area contributed by atoms with Crippen LogP contribution >= 0.6 is 11.8 Å². The molecule has 0 N–H and O–H groups in total. The standard InChI is InChI=1S/C13H12N4O3S/c1-16-8-5-4-7(20-2)6-9(8)17(19)10-11(16)14-13(21-3)15-12(10)18/h4-6H,1-3H3. The Kier molecular flexibility index (Phi) is 3.17. The highest BCUT2D eigenvalue weighted by atomic mass is 32.2. The van der Waals surface area contributed by atoms with E-state index >= 15 is 0 Å². The first-order chi connectivity index (χ1) is 10.1. The van der Waals surface area contributed by atoms with Crippen molar-refractivity contribution in [2.75, 3.05) is 13.4 Å². The van der Waals surface area contributed by atoms with E-state index in [1.54, 1.807) is 36.1 Å². The minimum atomic E-state index is -0.584. The first-order valence-corrected chi connectivity index (χ1v) is 7.31. The average molecular weight is 304 g/mol. The third kappa shape index (κ3) is 1.99. The lowest BCUT2D eigenvalue weighted by Crippen LogP contribution is -2.40. The van der Waals surface area contributed by atoms with Gasteiger partial charge in [-0.1, -0.05) is 11.8 Å². The zero-order valence-electron chi connectivity index (χ0n) is 11.7. The molecule has 21 heavy (non-hydrogen) atoms. The van der Waals surface area contributed by atoms with Crippen LogP contribution in [0.4, 0.5) is 0 Å². The van der Waals surface area contributed by atoms with E-state index in [-0.39, 0.29) is 5.69 Å². The van der Waals surface area contributed by atoms with Crippen molar-refractivity contribution >= 4 is 22.8 Å². The molecule has 0 radical (unpaired) electrons. The molecule has 0 atom stereocenters. The lowest BCUT2D eigenvalue weighted by atomic mass is 10.2. The molecule has 2 aliphatic heterocycles. The third-order valence-electron chi connectivity index (χ3n) is 3.28. The van der Waals surface area contributed by atoms with Crippen LogP contribution in [0.25, 0.3) is 22.6 Å². The predicted octanol–water partition coefficient (Wildman–Crippen LogP) is 0.797. The summed E-state index contributed by atoms with van der Waals surface area (Å²) in [4.78, 5) is 20.2. The van der Waals surface area contributed by atoms with Gasteiger partial charge in [-0.2, -0.15) is 14.7 Å². The Morgan fingerprint density at radius 3 is 2.81 bits per heavy atom. The molecule has 7 nitrogen and oxygen atoms in total. The topological polar surface area (TPSA) is 83.9 Å². The van der Waals surface area contributed by atoms with Crippen molar-refractivity contribution in [3.8, 4) is 17.3 Å². The van der Waals surface area contributed by atoms with E-state index in [1.807, 2.05) is 0 Å². The van der Waals surface area contributed by atoms with Crippen molar-refractivity contribution in [2.45, 2.75) is 5.16 Å². The lowest BCUT2D eigenvalue weighted by molar-refractivity contribution is -0.566. The van der Waals surface area contributed by atoms with Crippen molar-refractivity contribution in [2.24, 2.45) is 7.05 Å². The molecule has 8 heteroatoms. The quantitative estimate of drug-likeness (QED) is 0.229. The molecule has 0 spiro atoms. The summed E-state index contributed by atoms with van der Waals surface area (Å²) in [5, 5.41) is 12.8. The highest BCUT2D eigenvalue weighted by Crippen LogP contribution is 2.23. The van der Waals surface area contributed by atoms with Crippen LogP contribution in [-0.2, 0) is 7.05 Å². The van der Waals surface area contributed by atoms with Crippen LogP contribution in [0.5, 0.6) is 5.75 Å². The molecular formula is C13H12N4O3S. The third-order valence-corrected chi connectivity index (χ3v) is 3.83. The Bertz CT molecular complexity index is 878. The molecule has 0 saturated heterocycles. The van der Waals surface area contributed by atoms with Crippen LogP contribution in [-0.4, -0.2) is 27.9 Å². The zero-order chi connectivity index (χ0) is 15.1. The van der Waals surface area contributed by atoms with Crippen molar-refractivity contribution in [1.82, 2.24) is 14.5 Å². The van der Waals surface area contributed by atoms with E-state index in [0.717, 1.165) is 0 Å². The molecular weight excluding hydrogens is 292 g/mol. The van der Waals surface area contributed by atoms with Gasteiger partial charge in [-0.25, -0.2) is 0 Å². The van der Waals surface area contributed by atoms with Crippen LogP contribution in [0, 0.1) is 5.21 Å². The maximum Gasteiger partial charge on any atom is 0.349 e. The fourth-order valence-corrected chi connectivity index (χ4v) is 2.57. The Morgan fingerprint density at radius 2 is 2.14 bits per heavy atom. The average Bonchev–Trinajstić information content (AvgIpc) is 2.51. The highest BCUT2D eigenvalue weighted by molar-refractivity contribution is 7.98. The number of hydrogen-bond acceptors (Lipinski definition) is 6. The number of hydrogen-bond donors (Lipinski definition) is 0. The number of nitrogens with zero attached hydrogens (tertiary/aromatic N) is 4. The Balaban J connectivity index is 2.53. The summed E-state index contributed by atoms with van der Waals surface area (Å²) in [5.41, 5.74) is 0.334. The van der Waals surface area contributed by atoms with Gasteiger partial charge in [0.25, 0.3) is 0 Å². The van der Waals surface area contributed by atoms with Gasteiger partial charge in [-0.05, 0) is 18.4 Å². The second kappa shape index (κ2) is 4.88. The molecule has 2 aliphatic rings. The second-order valence-corrected chi connectivity index (χ2v) is 5.17. The summed E-state index contributed by atoms with van der Waals surface area (Å²) >= 11 is 1.26. The molecule has 0 saturated carbocycles. The number of thioether (sulfide) groups is 1. The van der Waals surface area contributed by atoms with Crippen LogP contribution in [0.2, 0.25) is 0 Å². The number of rotatable bonds is 2. The van der Waals surface area contributed by atoms with Gasteiger partial charge in [0, 0.05) is 7.05 Å². The summed E-state index contributed by atoms with van der Waals surface area (Å²) in [6, 6.07) is 5.10. The van der Waals surface area contributed by atoms with Gasteiger partial charge in [0.2, 0.25) is 11.3 Å². The molecule has 2 heterocycles. The van der Waals surface area contributed by atoms with E-state index in [0.29, 0.717) is 32.5 Å². The molecule has 0 aromatic heterocycles. The number of benzene rings is 1. The number of aromatic nitrogens is 4. The largest absolute Gasteiger partial charge is 0.618 e. The summed E-state index contributed by atoms with van der Waals surface area (Å²) in [5.74, 6) is 0.854. The predicted molar refractivity (Wildman–Crippen MR) is 78.7 cm³/mol. The van der Waals surface area contributed by atoms with E-state index in [9.17, 15) is 10.0 Å². The van der Waals surface area contributed by atoms with Gasteiger partial charge in [0.15, 0.2) is 5.16 Å².